The summed E-state index contributed by atoms with van der Waals surface area (Å²) in [5, 5.41) is 13.6. The summed E-state index contributed by atoms with van der Waals surface area (Å²) in [6.07, 6.45) is 0.828. The van der Waals surface area contributed by atoms with Gasteiger partial charge in [-0.15, -0.1) is 0 Å². The normalized spacial score (nSPS) is 10.6. The highest BCUT2D eigenvalue weighted by Gasteiger charge is 2.23. The summed E-state index contributed by atoms with van der Waals surface area (Å²) in [5.41, 5.74) is -0.736. The summed E-state index contributed by atoms with van der Waals surface area (Å²) < 4.78 is 13.8. The molecule has 0 aliphatic carbocycles. The van der Waals surface area contributed by atoms with Gasteiger partial charge in [0, 0.05) is 0 Å². The van der Waals surface area contributed by atoms with E-state index in [1.165, 1.54) is 25.3 Å². The van der Waals surface area contributed by atoms with Crippen molar-refractivity contribution in [3.05, 3.63) is 40.1 Å². The van der Waals surface area contributed by atoms with E-state index in [0.717, 1.165) is 20.3 Å². The molecule has 0 spiro atoms. The smallest absolute Gasteiger partial charge is 0.354 e. The molecule has 0 radical (unpaired) electrons. The fourth-order valence-electron chi connectivity index (χ4n) is 1.55. The van der Waals surface area contributed by atoms with Gasteiger partial charge in [0.2, 0.25) is 0 Å². The topological polar surface area (TPSA) is 117 Å². The maximum Gasteiger partial charge on any atom is 0.354 e. The molecule has 0 bridgehead atoms. The van der Waals surface area contributed by atoms with Gasteiger partial charge < -0.3 is 19.5 Å². The van der Waals surface area contributed by atoms with E-state index in [0.29, 0.717) is 0 Å². The minimum atomic E-state index is -0.887. The molecule has 9 nitrogen and oxygen atoms in total. The van der Waals surface area contributed by atoms with E-state index in [4.69, 9.17) is 4.74 Å². The predicted octanol–water partition coefficient (Wildman–Crippen LogP) is 1.25. The molecular formula is C13H14N2O7. The number of ether oxygens (including phenoxy) is 3. The zero-order valence-electron chi connectivity index (χ0n) is 12.1. The number of anilines is 1. The van der Waals surface area contributed by atoms with E-state index in [9.17, 15) is 19.7 Å². The first-order chi connectivity index (χ1) is 10.4. The molecule has 0 aliphatic rings. The third-order valence-corrected chi connectivity index (χ3v) is 2.54. The van der Waals surface area contributed by atoms with E-state index < -0.39 is 16.9 Å². The minimum Gasteiger partial charge on any atom is -0.490 e. The number of para-hydroxylation sites is 1. The molecule has 22 heavy (non-hydrogen) atoms. The molecular weight excluding hydrogens is 296 g/mol. The monoisotopic (exact) mass is 310 g/mol. The van der Waals surface area contributed by atoms with Gasteiger partial charge in [0.25, 0.3) is 0 Å². The number of hydrogen-bond acceptors (Lipinski definition) is 8. The van der Waals surface area contributed by atoms with Crippen LogP contribution in [0.1, 0.15) is 0 Å². The summed E-state index contributed by atoms with van der Waals surface area (Å²) >= 11 is 0. The third-order valence-electron chi connectivity index (χ3n) is 2.54. The van der Waals surface area contributed by atoms with Gasteiger partial charge in [-0.3, -0.25) is 10.1 Å². The van der Waals surface area contributed by atoms with Gasteiger partial charge in [-0.25, -0.2) is 9.59 Å². The van der Waals surface area contributed by atoms with Crippen LogP contribution in [-0.2, 0) is 19.1 Å². The zero-order valence-corrected chi connectivity index (χ0v) is 12.1. The Morgan fingerprint density at radius 2 is 1.91 bits per heavy atom. The van der Waals surface area contributed by atoms with Crippen molar-refractivity contribution < 1.29 is 28.7 Å². The maximum atomic E-state index is 11.6. The van der Waals surface area contributed by atoms with Crippen molar-refractivity contribution in [2.45, 2.75) is 0 Å². The van der Waals surface area contributed by atoms with Crippen molar-refractivity contribution in [1.82, 2.24) is 0 Å². The lowest BCUT2D eigenvalue weighted by atomic mass is 10.2. The lowest BCUT2D eigenvalue weighted by Crippen LogP contribution is -2.16. The molecule has 0 amide bonds. The first kappa shape index (κ1) is 17.0. The fourth-order valence-corrected chi connectivity index (χ4v) is 1.55. The summed E-state index contributed by atoms with van der Waals surface area (Å²) in [6.45, 7) is 0. The maximum absolute atomic E-state index is 11.6. The molecule has 118 valence electrons. The van der Waals surface area contributed by atoms with Crippen LogP contribution < -0.4 is 10.1 Å². The van der Waals surface area contributed by atoms with Crippen LogP contribution in [0.2, 0.25) is 0 Å². The van der Waals surface area contributed by atoms with Crippen LogP contribution in [0.15, 0.2) is 30.0 Å². The number of rotatable bonds is 6. The second-order valence-corrected chi connectivity index (χ2v) is 3.81. The lowest BCUT2D eigenvalue weighted by Gasteiger charge is -2.11. The molecule has 0 saturated carbocycles. The fraction of sp³-hybridized carbons (Fsp3) is 0.231. The van der Waals surface area contributed by atoms with Gasteiger partial charge in [0.05, 0.1) is 32.3 Å². The number of nitro benzene ring substituents is 1. The van der Waals surface area contributed by atoms with Crippen molar-refractivity contribution in [3.63, 3.8) is 0 Å². The number of benzene rings is 1. The molecule has 0 fully saturated rings. The molecule has 1 rings (SSSR count). The summed E-state index contributed by atoms with van der Waals surface area (Å²) in [7, 11) is 3.51. The second kappa shape index (κ2) is 7.62. The van der Waals surface area contributed by atoms with E-state index in [1.807, 2.05) is 0 Å². The van der Waals surface area contributed by atoms with Crippen molar-refractivity contribution in [3.8, 4) is 5.75 Å². The number of carbonyl (C=O) groups excluding carboxylic acids is 2. The van der Waals surface area contributed by atoms with Crippen molar-refractivity contribution in [1.29, 1.82) is 0 Å². The van der Waals surface area contributed by atoms with Crippen LogP contribution in [-0.4, -0.2) is 38.2 Å². The van der Waals surface area contributed by atoms with Crippen LogP contribution in [0.5, 0.6) is 5.75 Å². The van der Waals surface area contributed by atoms with Gasteiger partial charge in [0.15, 0.2) is 5.75 Å². The zero-order chi connectivity index (χ0) is 16.7. The molecule has 0 atom stereocenters. The third kappa shape index (κ3) is 3.95. The Balaban J connectivity index is 3.30. The molecule has 9 heteroatoms. The Morgan fingerprint density at radius 1 is 1.23 bits per heavy atom. The minimum absolute atomic E-state index is 0.00251. The van der Waals surface area contributed by atoms with E-state index >= 15 is 0 Å². The number of esters is 2. The average molecular weight is 310 g/mol. The Kier molecular flexibility index (Phi) is 5.87. The summed E-state index contributed by atoms with van der Waals surface area (Å²) in [5.74, 6) is -1.71. The van der Waals surface area contributed by atoms with E-state index in [2.05, 4.69) is 14.8 Å². The van der Waals surface area contributed by atoms with Gasteiger partial charge in [-0.05, 0) is 12.1 Å². The van der Waals surface area contributed by atoms with Crippen LogP contribution in [0, 0.1) is 10.1 Å². The number of nitrogens with zero attached hydrogens (tertiary/aromatic N) is 1. The van der Waals surface area contributed by atoms with Crippen LogP contribution in [0.3, 0.4) is 0 Å². The molecule has 0 aromatic heterocycles. The SMILES string of the molecule is COC(=O)C=C(Nc1cccc(OC)c1[N+](=O)[O-])C(=O)OC. The Morgan fingerprint density at radius 3 is 2.41 bits per heavy atom. The highest BCUT2D eigenvalue weighted by atomic mass is 16.6. The van der Waals surface area contributed by atoms with Gasteiger partial charge in [-0.2, -0.15) is 0 Å². The van der Waals surface area contributed by atoms with Gasteiger partial charge in [-0.1, -0.05) is 6.07 Å². The predicted molar refractivity (Wildman–Crippen MR) is 75.4 cm³/mol. The summed E-state index contributed by atoms with van der Waals surface area (Å²) in [6, 6.07) is 4.24. The highest BCUT2D eigenvalue weighted by molar-refractivity contribution is 5.99. The molecule has 1 aromatic carbocycles. The first-order valence-electron chi connectivity index (χ1n) is 5.91. The highest BCUT2D eigenvalue weighted by Crippen LogP contribution is 2.35. The molecule has 0 saturated heterocycles. The van der Waals surface area contributed by atoms with Crippen LogP contribution >= 0.6 is 0 Å². The van der Waals surface area contributed by atoms with E-state index in [-0.39, 0.29) is 22.8 Å². The average Bonchev–Trinajstić information content (AvgIpc) is 2.52. The van der Waals surface area contributed by atoms with E-state index in [1.54, 1.807) is 0 Å². The standard InChI is InChI=1S/C13H14N2O7/c1-20-10-6-4-5-8(12(10)15(18)19)14-9(13(17)22-3)7-11(16)21-2/h4-7,14H,1-3H3. The number of hydrogen-bond donors (Lipinski definition) is 1. The van der Waals surface area contributed by atoms with Crippen molar-refractivity contribution in [2.24, 2.45) is 0 Å². The largest absolute Gasteiger partial charge is 0.490 e. The number of carbonyl (C=O) groups is 2. The quantitative estimate of drug-likeness (QED) is 0.361. The Labute approximate surface area is 125 Å². The van der Waals surface area contributed by atoms with Crippen LogP contribution in [0.25, 0.3) is 0 Å². The molecule has 0 unspecified atom stereocenters. The molecule has 1 aromatic rings. The molecule has 0 heterocycles. The van der Waals surface area contributed by atoms with Crippen LogP contribution in [0.4, 0.5) is 11.4 Å². The summed E-state index contributed by atoms with van der Waals surface area (Å²) in [4.78, 5) is 33.4. The van der Waals surface area contributed by atoms with Crippen molar-refractivity contribution in [2.75, 3.05) is 26.6 Å². The first-order valence-corrected chi connectivity index (χ1v) is 5.91. The number of methoxy groups -OCH3 is 3. The van der Waals surface area contributed by atoms with Crippen molar-refractivity contribution >= 4 is 23.3 Å². The second-order valence-electron chi connectivity index (χ2n) is 3.81. The Hall–Kier alpha value is -3.10. The number of nitrogens with one attached hydrogen (secondary N) is 1. The lowest BCUT2D eigenvalue weighted by molar-refractivity contribution is -0.384. The molecule has 1 N–H and O–H groups in total. The number of nitro groups is 1. The Bertz CT molecular complexity index is 625. The van der Waals surface area contributed by atoms with Gasteiger partial charge >= 0.3 is 17.6 Å². The van der Waals surface area contributed by atoms with Gasteiger partial charge in [0.1, 0.15) is 11.4 Å². The molecule has 0 aliphatic heterocycles.